The van der Waals surface area contributed by atoms with Gasteiger partial charge in [-0.05, 0) is 32.8 Å². The minimum absolute atomic E-state index is 0.0142. The van der Waals surface area contributed by atoms with Gasteiger partial charge in [0.2, 0.25) is 0 Å². The van der Waals surface area contributed by atoms with Crippen LogP contribution in [-0.4, -0.2) is 42.9 Å². The van der Waals surface area contributed by atoms with Crippen LogP contribution in [0, 0.1) is 5.41 Å². The molecule has 0 saturated carbocycles. The van der Waals surface area contributed by atoms with E-state index in [9.17, 15) is 5.11 Å². The number of nitrogens with zero attached hydrogens (tertiary/aromatic N) is 1. The summed E-state index contributed by atoms with van der Waals surface area (Å²) in [4.78, 5) is 2.10. The van der Waals surface area contributed by atoms with Gasteiger partial charge in [0.25, 0.3) is 0 Å². The zero-order valence-electron chi connectivity index (χ0n) is 15.9. The molecule has 1 aliphatic carbocycles. The van der Waals surface area contributed by atoms with Crippen LogP contribution in [0.5, 0.6) is 0 Å². The van der Waals surface area contributed by atoms with Crippen LogP contribution < -0.4 is 0 Å². The number of aliphatic hydroxyl groups is 1. The van der Waals surface area contributed by atoms with Crippen molar-refractivity contribution in [1.82, 2.24) is 4.90 Å². The zero-order chi connectivity index (χ0) is 18.3. The normalized spacial score (nSPS) is 23.9. The van der Waals surface area contributed by atoms with Crippen molar-refractivity contribution in [3.8, 4) is 0 Å². The number of aliphatic hydroxyl groups excluding tert-OH is 1. The Balaban J connectivity index is 3.22. The third-order valence-corrected chi connectivity index (χ3v) is 5.47. The fourth-order valence-corrected chi connectivity index (χ4v) is 3.56. The van der Waals surface area contributed by atoms with E-state index in [1.165, 1.54) is 11.1 Å². The fourth-order valence-electron chi connectivity index (χ4n) is 3.56. The Morgan fingerprint density at radius 1 is 1.46 bits per heavy atom. The second-order valence-corrected chi connectivity index (χ2v) is 6.78. The summed E-state index contributed by atoms with van der Waals surface area (Å²) in [6.07, 6.45) is 11.5. The minimum atomic E-state index is -0.0309. The first-order chi connectivity index (χ1) is 11.3. The van der Waals surface area contributed by atoms with Crippen molar-refractivity contribution in [1.29, 1.82) is 0 Å². The SMILES string of the molecule is C=C/C=C\C(=C)N(C)C(/C=C/CO)[C@H](OC)C1(C)CCC(C)=C1C. The Bertz CT molecular complexity index is 544. The Kier molecular flexibility index (Phi) is 7.71. The second kappa shape index (κ2) is 9.05. The van der Waals surface area contributed by atoms with Crippen molar-refractivity contribution in [2.75, 3.05) is 20.8 Å². The summed E-state index contributed by atoms with van der Waals surface area (Å²) >= 11 is 0. The topological polar surface area (TPSA) is 32.7 Å². The molecule has 0 fully saturated rings. The molecule has 3 atom stereocenters. The summed E-state index contributed by atoms with van der Waals surface area (Å²) in [6.45, 7) is 14.6. The highest BCUT2D eigenvalue weighted by atomic mass is 16.5. The van der Waals surface area contributed by atoms with Gasteiger partial charge in [0.1, 0.15) is 0 Å². The number of hydrogen-bond donors (Lipinski definition) is 1. The van der Waals surface area contributed by atoms with E-state index in [4.69, 9.17) is 4.74 Å². The maximum absolute atomic E-state index is 9.25. The molecule has 2 unspecified atom stereocenters. The predicted octanol–water partition coefficient (Wildman–Crippen LogP) is 4.24. The summed E-state index contributed by atoms with van der Waals surface area (Å²) in [6, 6.07) is -0.0186. The van der Waals surface area contributed by atoms with E-state index in [2.05, 4.69) is 38.8 Å². The van der Waals surface area contributed by atoms with Gasteiger partial charge in [-0.3, -0.25) is 0 Å². The van der Waals surface area contributed by atoms with E-state index in [-0.39, 0.29) is 24.2 Å². The largest absolute Gasteiger partial charge is 0.392 e. The molecule has 0 aromatic rings. The molecule has 0 amide bonds. The van der Waals surface area contributed by atoms with Crippen molar-refractivity contribution in [2.24, 2.45) is 5.41 Å². The Morgan fingerprint density at radius 3 is 2.58 bits per heavy atom. The highest BCUT2D eigenvalue weighted by Gasteiger charge is 2.44. The molecule has 0 aromatic carbocycles. The molecule has 1 rings (SSSR count). The number of allylic oxidation sites excluding steroid dienone is 4. The molecule has 0 heterocycles. The molecule has 0 aromatic heterocycles. The Morgan fingerprint density at radius 2 is 2.12 bits per heavy atom. The molecule has 24 heavy (non-hydrogen) atoms. The Hall–Kier alpha value is -1.58. The van der Waals surface area contributed by atoms with Crippen molar-refractivity contribution in [2.45, 2.75) is 45.8 Å². The standard InChI is InChI=1S/C21H33NO2/c1-8-9-11-17(3)22(6)19(12-10-15-23)20(24-7)21(5)14-13-16(2)18(21)4/h8-12,19-20,23H,1,3,13-15H2,2,4-7H3/b11-9-,12-10+/t19?,20-,21?/m0/s1. The van der Waals surface area contributed by atoms with E-state index in [0.29, 0.717) is 0 Å². The molecule has 1 N–H and O–H groups in total. The lowest BCUT2D eigenvalue weighted by Gasteiger charge is -2.43. The van der Waals surface area contributed by atoms with Crippen LogP contribution in [0.4, 0.5) is 0 Å². The molecular formula is C21H33NO2. The molecule has 1 aliphatic rings. The average Bonchev–Trinajstić information content (AvgIpc) is 2.84. The van der Waals surface area contributed by atoms with E-state index in [1.807, 2.05) is 25.3 Å². The number of methoxy groups -OCH3 is 1. The van der Waals surface area contributed by atoms with Gasteiger partial charge in [0.05, 0.1) is 18.8 Å². The number of hydrogen-bond acceptors (Lipinski definition) is 3. The lowest BCUT2D eigenvalue weighted by Crippen LogP contribution is -2.48. The van der Waals surface area contributed by atoms with E-state index in [0.717, 1.165) is 18.5 Å². The van der Waals surface area contributed by atoms with Gasteiger partial charge in [-0.25, -0.2) is 0 Å². The van der Waals surface area contributed by atoms with Crippen LogP contribution in [0.15, 0.2) is 60.4 Å². The first-order valence-electron chi connectivity index (χ1n) is 8.51. The maximum Gasteiger partial charge on any atom is 0.0900 e. The highest BCUT2D eigenvalue weighted by Crippen LogP contribution is 2.47. The Labute approximate surface area is 147 Å². The van der Waals surface area contributed by atoms with Crippen LogP contribution in [0.3, 0.4) is 0 Å². The van der Waals surface area contributed by atoms with Gasteiger partial charge in [-0.15, -0.1) is 0 Å². The molecule has 0 saturated heterocycles. The molecule has 3 heteroatoms. The predicted molar refractivity (Wildman–Crippen MR) is 103 cm³/mol. The third kappa shape index (κ3) is 4.28. The van der Waals surface area contributed by atoms with Crippen LogP contribution in [0.2, 0.25) is 0 Å². The lowest BCUT2D eigenvalue weighted by molar-refractivity contribution is -0.0201. The summed E-state index contributed by atoms with van der Waals surface area (Å²) < 4.78 is 6.00. The summed E-state index contributed by atoms with van der Waals surface area (Å²) in [5, 5.41) is 9.25. The van der Waals surface area contributed by atoms with Crippen LogP contribution in [0.25, 0.3) is 0 Å². The smallest absolute Gasteiger partial charge is 0.0900 e. The highest BCUT2D eigenvalue weighted by molar-refractivity contribution is 5.29. The van der Waals surface area contributed by atoms with Gasteiger partial charge in [0, 0.05) is 25.3 Å². The minimum Gasteiger partial charge on any atom is -0.392 e. The second-order valence-electron chi connectivity index (χ2n) is 6.78. The zero-order valence-corrected chi connectivity index (χ0v) is 15.9. The number of ether oxygens (including phenoxy) is 1. The van der Waals surface area contributed by atoms with Crippen molar-refractivity contribution in [3.63, 3.8) is 0 Å². The van der Waals surface area contributed by atoms with Gasteiger partial charge >= 0.3 is 0 Å². The first-order valence-corrected chi connectivity index (χ1v) is 8.51. The number of likely N-dealkylation sites (N-methyl/N-ethyl adjacent to an activating group) is 1. The van der Waals surface area contributed by atoms with E-state index >= 15 is 0 Å². The lowest BCUT2D eigenvalue weighted by atomic mass is 9.74. The van der Waals surface area contributed by atoms with Crippen molar-refractivity contribution in [3.05, 3.63) is 60.4 Å². The summed E-state index contributed by atoms with van der Waals surface area (Å²) in [5.74, 6) is 0. The van der Waals surface area contributed by atoms with Gasteiger partial charge < -0.3 is 14.7 Å². The molecular weight excluding hydrogens is 298 g/mol. The fraction of sp³-hybridized carbons (Fsp3) is 0.524. The van der Waals surface area contributed by atoms with E-state index < -0.39 is 0 Å². The molecule has 3 nitrogen and oxygen atoms in total. The number of rotatable bonds is 9. The van der Waals surface area contributed by atoms with E-state index in [1.54, 1.807) is 19.3 Å². The van der Waals surface area contributed by atoms with Gasteiger partial charge in [0.15, 0.2) is 0 Å². The van der Waals surface area contributed by atoms with Crippen LogP contribution in [0.1, 0.15) is 33.6 Å². The molecule has 0 bridgehead atoms. The first kappa shape index (κ1) is 20.5. The third-order valence-electron chi connectivity index (χ3n) is 5.47. The van der Waals surface area contributed by atoms with Crippen molar-refractivity contribution >= 4 is 0 Å². The maximum atomic E-state index is 9.25. The molecule has 134 valence electrons. The molecule has 0 aliphatic heterocycles. The van der Waals surface area contributed by atoms with Gasteiger partial charge in [-0.2, -0.15) is 0 Å². The monoisotopic (exact) mass is 331 g/mol. The average molecular weight is 332 g/mol. The van der Waals surface area contributed by atoms with Crippen LogP contribution >= 0.6 is 0 Å². The van der Waals surface area contributed by atoms with Crippen LogP contribution in [-0.2, 0) is 4.74 Å². The van der Waals surface area contributed by atoms with Gasteiger partial charge in [-0.1, -0.05) is 55.5 Å². The summed E-state index contributed by atoms with van der Waals surface area (Å²) in [5.41, 5.74) is 3.72. The summed E-state index contributed by atoms with van der Waals surface area (Å²) in [7, 11) is 3.78. The molecule has 0 spiro atoms. The molecule has 0 radical (unpaired) electrons. The van der Waals surface area contributed by atoms with Crippen molar-refractivity contribution < 1.29 is 9.84 Å². The quantitative estimate of drug-likeness (QED) is 0.506.